The maximum Gasteiger partial charge on any atom is 0.275 e. The van der Waals surface area contributed by atoms with Gasteiger partial charge in [0.15, 0.2) is 0 Å². The Morgan fingerprint density at radius 2 is 1.59 bits per heavy atom. The van der Waals surface area contributed by atoms with Gasteiger partial charge in [0, 0.05) is 33.3 Å². The molecule has 2 amide bonds. The van der Waals surface area contributed by atoms with Crippen molar-refractivity contribution in [1.29, 1.82) is 0 Å². The van der Waals surface area contributed by atoms with Crippen LogP contribution >= 0.6 is 23.2 Å². The van der Waals surface area contributed by atoms with Crippen LogP contribution in [0, 0.1) is 5.92 Å². The molecule has 6 nitrogen and oxygen atoms in total. The maximum absolute atomic E-state index is 13.2. The molecule has 0 saturated heterocycles. The van der Waals surface area contributed by atoms with E-state index < -0.39 is 5.66 Å². The van der Waals surface area contributed by atoms with E-state index in [0.717, 1.165) is 19.3 Å². The van der Waals surface area contributed by atoms with E-state index in [9.17, 15) is 9.59 Å². The Morgan fingerprint density at radius 1 is 0.966 bits per heavy atom. The quantitative estimate of drug-likeness (QED) is 0.711. The lowest BCUT2D eigenvalue weighted by molar-refractivity contribution is 0.00851. The number of halogens is 2. The molecule has 150 valence electrons. The van der Waals surface area contributed by atoms with E-state index in [1.807, 2.05) is 0 Å². The fraction of sp³-hybridized carbons (Fsp3) is 0.286. The van der Waals surface area contributed by atoms with E-state index in [-0.39, 0.29) is 17.7 Å². The van der Waals surface area contributed by atoms with Crippen LogP contribution in [-0.2, 0) is 0 Å². The van der Waals surface area contributed by atoms with Gasteiger partial charge in [0.2, 0.25) is 0 Å². The van der Waals surface area contributed by atoms with Crippen LogP contribution in [0.5, 0.6) is 0 Å². The zero-order valence-electron chi connectivity index (χ0n) is 15.6. The normalized spacial score (nSPS) is 23.0. The molecule has 1 heterocycles. The van der Waals surface area contributed by atoms with Crippen molar-refractivity contribution < 1.29 is 9.59 Å². The van der Waals surface area contributed by atoms with Crippen molar-refractivity contribution in [3.63, 3.8) is 0 Å². The largest absolute Gasteiger partial charge is 0.285 e. The average Bonchev–Trinajstić information content (AvgIpc) is 3.12. The highest BCUT2D eigenvalue weighted by Crippen LogP contribution is 2.40. The lowest BCUT2D eigenvalue weighted by Crippen LogP contribution is -2.66. The zero-order chi connectivity index (χ0) is 20.4. The maximum atomic E-state index is 13.2. The van der Waals surface area contributed by atoms with Crippen LogP contribution in [0.25, 0.3) is 0 Å². The lowest BCUT2D eigenvalue weighted by Gasteiger charge is -2.43. The molecule has 2 aliphatic rings. The monoisotopic (exact) mass is 430 g/mol. The number of hydrogen-bond donors (Lipinski definition) is 2. The Bertz CT molecular complexity index is 946. The number of rotatable bonds is 4. The number of amides is 2. The van der Waals surface area contributed by atoms with Crippen LogP contribution in [0.1, 0.15) is 46.4 Å². The van der Waals surface area contributed by atoms with Gasteiger partial charge in [-0.1, -0.05) is 29.6 Å². The first-order valence-electron chi connectivity index (χ1n) is 9.47. The van der Waals surface area contributed by atoms with Gasteiger partial charge in [-0.15, -0.1) is 0 Å². The smallest absolute Gasteiger partial charge is 0.275 e. The molecule has 2 aromatic carbocycles. The summed E-state index contributed by atoms with van der Waals surface area (Å²) in [6, 6.07) is 13.3. The molecule has 2 N–H and O–H groups in total. The molecule has 4 rings (SSSR count). The summed E-state index contributed by atoms with van der Waals surface area (Å²) < 4.78 is 0. The summed E-state index contributed by atoms with van der Waals surface area (Å²) in [5.41, 5.74) is 6.08. The van der Waals surface area contributed by atoms with Crippen molar-refractivity contribution in [3.8, 4) is 0 Å². The summed E-state index contributed by atoms with van der Waals surface area (Å²) in [7, 11) is 0. The standard InChI is InChI=1S/C21H20Cl2N4O2/c22-17-8-4-14(5-9-17)19(28)25-26-21-12-2-1-3-16(21)13-24-27(21)20(29)15-6-10-18(23)11-7-15/h4-11,13,16,26H,1-3,12H2,(H,25,28)/t16-,21+/m0/s1. The van der Waals surface area contributed by atoms with Gasteiger partial charge >= 0.3 is 0 Å². The van der Waals surface area contributed by atoms with E-state index in [2.05, 4.69) is 16.0 Å². The number of hydrogen-bond acceptors (Lipinski definition) is 4. The third-order valence-electron chi connectivity index (χ3n) is 5.46. The number of hydrazone groups is 1. The van der Waals surface area contributed by atoms with Crippen molar-refractivity contribution >= 4 is 41.2 Å². The number of nitrogens with one attached hydrogen (secondary N) is 2. The van der Waals surface area contributed by atoms with E-state index in [1.54, 1.807) is 54.7 Å². The van der Waals surface area contributed by atoms with E-state index in [4.69, 9.17) is 23.2 Å². The SMILES string of the molecule is O=C(NN[C@@]12CCCC[C@H]1C=NN2C(=O)c1ccc(Cl)cc1)c1ccc(Cl)cc1. The molecule has 8 heteroatoms. The van der Waals surface area contributed by atoms with Gasteiger partial charge in [-0.3, -0.25) is 15.0 Å². The van der Waals surface area contributed by atoms with Gasteiger partial charge in [0.25, 0.3) is 11.8 Å². The molecule has 1 fully saturated rings. The van der Waals surface area contributed by atoms with Crippen LogP contribution in [0.2, 0.25) is 10.0 Å². The van der Waals surface area contributed by atoms with E-state index in [0.29, 0.717) is 27.6 Å². The van der Waals surface area contributed by atoms with Crippen molar-refractivity contribution in [2.75, 3.05) is 0 Å². The molecule has 0 radical (unpaired) electrons. The predicted molar refractivity (Wildman–Crippen MR) is 113 cm³/mol. The van der Waals surface area contributed by atoms with Crippen LogP contribution in [0.4, 0.5) is 0 Å². The van der Waals surface area contributed by atoms with Crippen LogP contribution in [0.3, 0.4) is 0 Å². The van der Waals surface area contributed by atoms with Crippen LogP contribution < -0.4 is 10.9 Å². The highest BCUT2D eigenvalue weighted by atomic mass is 35.5. The molecule has 0 spiro atoms. The first-order chi connectivity index (χ1) is 14.0. The molecule has 1 saturated carbocycles. The third kappa shape index (κ3) is 3.88. The van der Waals surface area contributed by atoms with Crippen molar-refractivity contribution in [2.24, 2.45) is 11.0 Å². The van der Waals surface area contributed by atoms with Gasteiger partial charge in [0.1, 0.15) is 5.66 Å². The molecule has 2 aromatic rings. The Balaban J connectivity index is 1.56. The molecule has 1 aliphatic carbocycles. The van der Waals surface area contributed by atoms with Crippen molar-refractivity contribution in [2.45, 2.75) is 31.3 Å². The van der Waals surface area contributed by atoms with Crippen molar-refractivity contribution in [1.82, 2.24) is 15.9 Å². The summed E-state index contributed by atoms with van der Waals surface area (Å²) in [6.45, 7) is 0. The van der Waals surface area contributed by atoms with E-state index >= 15 is 0 Å². The van der Waals surface area contributed by atoms with E-state index in [1.165, 1.54) is 5.01 Å². The summed E-state index contributed by atoms with van der Waals surface area (Å²) in [6.07, 6.45) is 5.34. The summed E-state index contributed by atoms with van der Waals surface area (Å²) in [5, 5.41) is 6.99. The van der Waals surface area contributed by atoms with Gasteiger partial charge in [-0.05, 0) is 67.8 Å². The van der Waals surface area contributed by atoms with Crippen LogP contribution in [0.15, 0.2) is 53.6 Å². The summed E-state index contributed by atoms with van der Waals surface area (Å²) >= 11 is 11.8. The third-order valence-corrected chi connectivity index (χ3v) is 5.96. The molecule has 0 bridgehead atoms. The average molecular weight is 431 g/mol. The number of nitrogens with zero attached hydrogens (tertiary/aromatic N) is 2. The highest BCUT2D eigenvalue weighted by Gasteiger charge is 2.51. The lowest BCUT2D eigenvalue weighted by atomic mass is 9.80. The molecule has 2 atom stereocenters. The number of hydrazine groups is 1. The highest BCUT2D eigenvalue weighted by molar-refractivity contribution is 6.31. The topological polar surface area (TPSA) is 73.8 Å². The number of benzene rings is 2. The van der Waals surface area contributed by atoms with Crippen LogP contribution in [-0.4, -0.2) is 28.7 Å². The fourth-order valence-corrected chi connectivity index (χ4v) is 4.14. The minimum absolute atomic E-state index is 0.0121. The van der Waals surface area contributed by atoms with Gasteiger partial charge < -0.3 is 0 Å². The molecule has 29 heavy (non-hydrogen) atoms. The Morgan fingerprint density at radius 3 is 2.24 bits per heavy atom. The fourth-order valence-electron chi connectivity index (χ4n) is 3.89. The Kier molecular flexibility index (Phi) is 5.58. The number of fused-ring (bicyclic) bond motifs is 1. The predicted octanol–water partition coefficient (Wildman–Crippen LogP) is 4.26. The Hall–Kier alpha value is -2.41. The second kappa shape index (κ2) is 8.14. The number of carbonyl (C=O) groups excluding carboxylic acids is 2. The van der Waals surface area contributed by atoms with Gasteiger partial charge in [0.05, 0.1) is 0 Å². The summed E-state index contributed by atoms with van der Waals surface area (Å²) in [4.78, 5) is 25.8. The first kappa shape index (κ1) is 19.9. The minimum atomic E-state index is -0.795. The molecule has 1 aliphatic heterocycles. The van der Waals surface area contributed by atoms with Gasteiger partial charge in [-0.25, -0.2) is 10.4 Å². The second-order valence-corrected chi connectivity index (χ2v) is 8.12. The Labute approximate surface area is 178 Å². The molecule has 0 unspecified atom stereocenters. The number of carbonyl (C=O) groups is 2. The zero-order valence-corrected chi connectivity index (χ0v) is 17.1. The van der Waals surface area contributed by atoms with Crippen molar-refractivity contribution in [3.05, 3.63) is 69.7 Å². The minimum Gasteiger partial charge on any atom is -0.285 e. The molecular formula is C21H20Cl2N4O2. The molecule has 0 aromatic heterocycles. The second-order valence-electron chi connectivity index (χ2n) is 7.25. The first-order valence-corrected chi connectivity index (χ1v) is 10.2. The van der Waals surface area contributed by atoms with Gasteiger partial charge in [-0.2, -0.15) is 5.10 Å². The molecular weight excluding hydrogens is 411 g/mol. The summed E-state index contributed by atoms with van der Waals surface area (Å²) in [5.74, 6) is -0.528.